The summed E-state index contributed by atoms with van der Waals surface area (Å²) in [7, 11) is 0. The van der Waals surface area contributed by atoms with Crippen LogP contribution in [0.2, 0.25) is 0 Å². The molecule has 110 valence electrons. The molecule has 1 aliphatic heterocycles. The van der Waals surface area contributed by atoms with Crippen molar-refractivity contribution in [2.75, 3.05) is 18.8 Å². The van der Waals surface area contributed by atoms with Gasteiger partial charge in [0.15, 0.2) is 0 Å². The van der Waals surface area contributed by atoms with Crippen LogP contribution in [0.4, 0.5) is 5.69 Å². The van der Waals surface area contributed by atoms with Crippen molar-refractivity contribution >= 4 is 11.6 Å². The third-order valence-electron chi connectivity index (χ3n) is 5.22. The van der Waals surface area contributed by atoms with E-state index >= 15 is 0 Å². The van der Waals surface area contributed by atoms with E-state index in [1.807, 2.05) is 30.0 Å². The van der Waals surface area contributed by atoms with Crippen molar-refractivity contribution in [2.45, 2.75) is 46.5 Å². The van der Waals surface area contributed by atoms with Crippen LogP contribution in [0, 0.1) is 12.3 Å². The molecule has 1 amide bonds. The molecule has 0 bridgehead atoms. The third kappa shape index (κ3) is 2.67. The normalized spacial score (nSPS) is 18.1. The predicted molar refractivity (Wildman–Crippen MR) is 83.7 cm³/mol. The molecule has 0 aromatic heterocycles. The van der Waals surface area contributed by atoms with Gasteiger partial charge >= 0.3 is 0 Å². The van der Waals surface area contributed by atoms with Gasteiger partial charge in [-0.25, -0.2) is 0 Å². The second-order valence-corrected chi connectivity index (χ2v) is 6.02. The van der Waals surface area contributed by atoms with Crippen molar-refractivity contribution in [2.24, 2.45) is 5.41 Å². The summed E-state index contributed by atoms with van der Waals surface area (Å²) in [5, 5.41) is 0. The van der Waals surface area contributed by atoms with Gasteiger partial charge in [-0.1, -0.05) is 32.8 Å². The van der Waals surface area contributed by atoms with Crippen LogP contribution in [0.25, 0.3) is 0 Å². The fourth-order valence-electron chi connectivity index (χ4n) is 3.20. The Morgan fingerprint density at radius 2 is 1.85 bits per heavy atom. The first kappa shape index (κ1) is 14.9. The van der Waals surface area contributed by atoms with Crippen LogP contribution >= 0.6 is 0 Å². The van der Waals surface area contributed by atoms with Gasteiger partial charge in [0.05, 0.1) is 0 Å². The first-order valence-corrected chi connectivity index (χ1v) is 7.67. The summed E-state index contributed by atoms with van der Waals surface area (Å²) in [6.45, 7) is 8.20. The zero-order valence-corrected chi connectivity index (χ0v) is 12.9. The van der Waals surface area contributed by atoms with Crippen molar-refractivity contribution in [1.82, 2.24) is 4.90 Å². The highest BCUT2D eigenvalue weighted by Crippen LogP contribution is 2.38. The highest BCUT2D eigenvalue weighted by atomic mass is 16.2. The van der Waals surface area contributed by atoms with Gasteiger partial charge in [-0.05, 0) is 42.9 Å². The van der Waals surface area contributed by atoms with Crippen LogP contribution in [-0.2, 0) is 0 Å². The molecule has 2 N–H and O–H groups in total. The zero-order valence-electron chi connectivity index (χ0n) is 12.9. The van der Waals surface area contributed by atoms with E-state index in [9.17, 15) is 4.79 Å². The fraction of sp³-hybridized carbons (Fsp3) is 0.588. The average Bonchev–Trinajstić information content (AvgIpc) is 2.49. The number of rotatable bonds is 3. The van der Waals surface area contributed by atoms with E-state index in [2.05, 4.69) is 13.8 Å². The minimum atomic E-state index is 0.135. The quantitative estimate of drug-likeness (QED) is 0.856. The van der Waals surface area contributed by atoms with Crippen molar-refractivity contribution < 1.29 is 4.79 Å². The average molecular weight is 274 g/mol. The number of piperidine rings is 1. The van der Waals surface area contributed by atoms with E-state index in [1.165, 1.54) is 12.8 Å². The Morgan fingerprint density at radius 3 is 2.40 bits per heavy atom. The lowest BCUT2D eigenvalue weighted by molar-refractivity contribution is 0.0557. The minimum Gasteiger partial charge on any atom is -0.398 e. The van der Waals surface area contributed by atoms with E-state index in [-0.39, 0.29) is 5.91 Å². The van der Waals surface area contributed by atoms with Crippen molar-refractivity contribution in [3.63, 3.8) is 0 Å². The summed E-state index contributed by atoms with van der Waals surface area (Å²) in [4.78, 5) is 14.6. The van der Waals surface area contributed by atoms with Gasteiger partial charge in [-0.2, -0.15) is 0 Å². The summed E-state index contributed by atoms with van der Waals surface area (Å²) in [5.74, 6) is 0.135. The number of nitrogens with two attached hydrogens (primary N) is 1. The first-order valence-electron chi connectivity index (χ1n) is 7.67. The second kappa shape index (κ2) is 5.86. The topological polar surface area (TPSA) is 46.3 Å². The van der Waals surface area contributed by atoms with Crippen LogP contribution < -0.4 is 5.73 Å². The molecule has 1 aliphatic rings. The summed E-state index contributed by atoms with van der Waals surface area (Å²) in [5.41, 5.74) is 8.71. The van der Waals surface area contributed by atoms with Gasteiger partial charge in [-0.15, -0.1) is 0 Å². The number of carbonyl (C=O) groups is 1. The van der Waals surface area contributed by atoms with Gasteiger partial charge < -0.3 is 10.6 Å². The Balaban J connectivity index is 2.11. The first-order chi connectivity index (χ1) is 9.53. The minimum absolute atomic E-state index is 0.135. The van der Waals surface area contributed by atoms with E-state index in [0.717, 1.165) is 37.1 Å². The Hall–Kier alpha value is -1.51. The number of carbonyl (C=O) groups excluding carboxylic acids is 1. The largest absolute Gasteiger partial charge is 0.398 e. The lowest BCUT2D eigenvalue weighted by atomic mass is 9.74. The molecule has 0 radical (unpaired) electrons. The van der Waals surface area contributed by atoms with Crippen LogP contribution in [0.3, 0.4) is 0 Å². The van der Waals surface area contributed by atoms with Crippen molar-refractivity contribution in [3.8, 4) is 0 Å². The van der Waals surface area contributed by atoms with Gasteiger partial charge in [0, 0.05) is 24.3 Å². The fourth-order valence-corrected chi connectivity index (χ4v) is 3.20. The molecule has 2 rings (SSSR count). The molecular formula is C17H26N2O. The second-order valence-electron chi connectivity index (χ2n) is 6.02. The number of hydrogen-bond donors (Lipinski definition) is 1. The van der Waals surface area contributed by atoms with Gasteiger partial charge in [0.2, 0.25) is 0 Å². The maximum absolute atomic E-state index is 12.6. The van der Waals surface area contributed by atoms with Crippen molar-refractivity contribution in [3.05, 3.63) is 29.3 Å². The molecular weight excluding hydrogens is 248 g/mol. The van der Waals surface area contributed by atoms with E-state index in [0.29, 0.717) is 11.1 Å². The summed E-state index contributed by atoms with van der Waals surface area (Å²) in [6.07, 6.45) is 4.66. The Bertz CT molecular complexity index is 482. The monoisotopic (exact) mass is 274 g/mol. The molecule has 1 aromatic carbocycles. The number of hydrogen-bond acceptors (Lipinski definition) is 2. The molecule has 3 heteroatoms. The van der Waals surface area contributed by atoms with E-state index in [4.69, 9.17) is 5.73 Å². The van der Waals surface area contributed by atoms with Gasteiger partial charge in [0.25, 0.3) is 5.91 Å². The molecule has 0 spiro atoms. The molecule has 0 atom stereocenters. The number of nitrogen functional groups attached to an aromatic ring is 1. The molecule has 3 nitrogen and oxygen atoms in total. The maximum Gasteiger partial charge on any atom is 0.254 e. The number of anilines is 1. The predicted octanol–water partition coefficient (Wildman–Crippen LogP) is 3.62. The highest BCUT2D eigenvalue weighted by molar-refractivity contribution is 5.97. The SMILES string of the molecule is CCC1(CC)CCN(C(=O)c2cccc(N)c2C)CC1. The van der Waals surface area contributed by atoms with Crippen LogP contribution in [-0.4, -0.2) is 23.9 Å². The highest BCUT2D eigenvalue weighted by Gasteiger charge is 2.33. The Morgan fingerprint density at radius 1 is 1.25 bits per heavy atom. The maximum atomic E-state index is 12.6. The van der Waals surface area contributed by atoms with Gasteiger partial charge in [-0.3, -0.25) is 4.79 Å². The summed E-state index contributed by atoms with van der Waals surface area (Å²) < 4.78 is 0. The van der Waals surface area contributed by atoms with Gasteiger partial charge in [0.1, 0.15) is 0 Å². The van der Waals surface area contributed by atoms with Crippen LogP contribution in [0.15, 0.2) is 18.2 Å². The molecule has 1 heterocycles. The molecule has 0 saturated carbocycles. The molecule has 0 unspecified atom stereocenters. The zero-order chi connectivity index (χ0) is 14.8. The number of benzene rings is 1. The molecule has 1 fully saturated rings. The Labute approximate surface area is 122 Å². The third-order valence-corrected chi connectivity index (χ3v) is 5.22. The standard InChI is InChI=1S/C17H26N2O/c1-4-17(5-2)9-11-19(12-10-17)16(20)14-7-6-8-15(18)13(14)3/h6-8H,4-5,9-12,18H2,1-3H3. The summed E-state index contributed by atoms with van der Waals surface area (Å²) >= 11 is 0. The number of amides is 1. The van der Waals surface area contributed by atoms with Crippen LogP contribution in [0.1, 0.15) is 55.5 Å². The lowest BCUT2D eigenvalue weighted by Gasteiger charge is -2.41. The smallest absolute Gasteiger partial charge is 0.254 e. The molecule has 1 aromatic rings. The molecule has 1 saturated heterocycles. The van der Waals surface area contributed by atoms with E-state index in [1.54, 1.807) is 0 Å². The van der Waals surface area contributed by atoms with E-state index < -0.39 is 0 Å². The van der Waals surface area contributed by atoms with Crippen molar-refractivity contribution in [1.29, 1.82) is 0 Å². The number of likely N-dealkylation sites (tertiary alicyclic amines) is 1. The Kier molecular flexibility index (Phi) is 4.36. The summed E-state index contributed by atoms with van der Waals surface area (Å²) in [6, 6.07) is 5.60. The number of nitrogens with zero attached hydrogens (tertiary/aromatic N) is 1. The molecule has 0 aliphatic carbocycles. The van der Waals surface area contributed by atoms with Crippen LogP contribution in [0.5, 0.6) is 0 Å². The molecule has 20 heavy (non-hydrogen) atoms. The lowest BCUT2D eigenvalue weighted by Crippen LogP contribution is -2.43.